The van der Waals surface area contributed by atoms with Crippen LogP contribution in [-0.2, 0) is 0 Å². The normalized spacial score (nSPS) is 18.0. The Morgan fingerprint density at radius 1 is 1.29 bits per heavy atom. The van der Waals surface area contributed by atoms with Crippen LogP contribution in [0.5, 0.6) is 0 Å². The highest BCUT2D eigenvalue weighted by atomic mass is 16.6. The van der Waals surface area contributed by atoms with E-state index in [4.69, 9.17) is 0 Å². The highest BCUT2D eigenvalue weighted by Gasteiger charge is 2.41. The Labute approximate surface area is 183 Å². The second-order valence-corrected chi connectivity index (χ2v) is 9.63. The molecule has 2 heterocycles. The van der Waals surface area contributed by atoms with E-state index in [1.165, 1.54) is 16.8 Å². The van der Waals surface area contributed by atoms with Crippen LogP contribution < -0.4 is 5.32 Å². The fourth-order valence-corrected chi connectivity index (χ4v) is 4.65. The van der Waals surface area contributed by atoms with Gasteiger partial charge in [0.05, 0.1) is 16.8 Å². The van der Waals surface area contributed by atoms with Crippen molar-refractivity contribution < 1.29 is 9.72 Å². The lowest BCUT2D eigenvalue weighted by Crippen LogP contribution is -2.63. The van der Waals surface area contributed by atoms with Gasteiger partial charge in [0.1, 0.15) is 0 Å². The molecule has 0 radical (unpaired) electrons. The van der Waals surface area contributed by atoms with Gasteiger partial charge in [0, 0.05) is 35.8 Å². The lowest BCUT2D eigenvalue weighted by Gasteiger charge is -2.49. The Morgan fingerprint density at radius 2 is 1.97 bits per heavy atom. The fourth-order valence-electron chi connectivity index (χ4n) is 4.65. The maximum Gasteiger partial charge on any atom is 0.276 e. The van der Waals surface area contributed by atoms with Gasteiger partial charge >= 0.3 is 0 Å². The number of nitro benzene ring substituents is 1. The third kappa shape index (κ3) is 5.46. The van der Waals surface area contributed by atoms with Gasteiger partial charge in [0.15, 0.2) is 5.69 Å². The van der Waals surface area contributed by atoms with Gasteiger partial charge in [-0.15, -0.1) is 5.10 Å². The summed E-state index contributed by atoms with van der Waals surface area (Å²) in [6, 6.07) is 6.20. The molecule has 1 saturated heterocycles. The highest BCUT2D eigenvalue weighted by molar-refractivity contribution is 5.92. The summed E-state index contributed by atoms with van der Waals surface area (Å²) in [6.45, 7) is 11.4. The van der Waals surface area contributed by atoms with Gasteiger partial charge in [-0.3, -0.25) is 14.9 Å². The van der Waals surface area contributed by atoms with E-state index in [0.717, 1.165) is 25.7 Å². The maximum atomic E-state index is 13.5. The summed E-state index contributed by atoms with van der Waals surface area (Å²) in [4.78, 5) is 26.0. The number of nitro groups is 1. The second-order valence-electron chi connectivity index (χ2n) is 9.63. The van der Waals surface area contributed by atoms with Crippen LogP contribution in [0.25, 0.3) is 5.69 Å². The van der Waals surface area contributed by atoms with Crippen molar-refractivity contribution in [3.63, 3.8) is 0 Å². The number of rotatable bonds is 7. The van der Waals surface area contributed by atoms with E-state index in [1.54, 1.807) is 18.3 Å². The average Bonchev–Trinajstić information content (AvgIpc) is 3.16. The molecule has 31 heavy (non-hydrogen) atoms. The van der Waals surface area contributed by atoms with Crippen LogP contribution in [0, 0.1) is 10.1 Å². The second kappa shape index (κ2) is 8.74. The molecule has 0 atom stereocenters. The first kappa shape index (κ1) is 22.9. The summed E-state index contributed by atoms with van der Waals surface area (Å²) in [6.07, 6.45) is 5.16. The van der Waals surface area contributed by atoms with Crippen LogP contribution in [0.2, 0.25) is 0 Å². The first-order valence-corrected chi connectivity index (χ1v) is 10.8. The molecule has 1 aromatic heterocycles. The summed E-state index contributed by atoms with van der Waals surface area (Å²) in [5, 5.41) is 22.9. The number of carbonyl (C=O) groups is 1. The van der Waals surface area contributed by atoms with Gasteiger partial charge < -0.3 is 10.2 Å². The van der Waals surface area contributed by atoms with Crippen molar-refractivity contribution in [3.05, 3.63) is 46.3 Å². The number of unbranched alkanes of at least 4 members (excludes halogenated alkanes) is 1. The number of hydrogen-bond donors (Lipinski definition) is 1. The highest BCUT2D eigenvalue weighted by Crippen LogP contribution is 2.32. The molecular weight excluding hydrogens is 396 g/mol. The van der Waals surface area contributed by atoms with Gasteiger partial charge in [-0.25, -0.2) is 4.68 Å². The number of piperidine rings is 1. The molecule has 9 nitrogen and oxygen atoms in total. The lowest BCUT2D eigenvalue weighted by molar-refractivity contribution is -0.384. The summed E-state index contributed by atoms with van der Waals surface area (Å²) in [5.74, 6) is -0.149. The zero-order valence-electron chi connectivity index (χ0n) is 19.0. The lowest BCUT2D eigenvalue weighted by atomic mass is 9.79. The minimum Gasteiger partial charge on any atom is -0.334 e. The van der Waals surface area contributed by atoms with E-state index >= 15 is 0 Å². The Kier molecular flexibility index (Phi) is 6.45. The van der Waals surface area contributed by atoms with Gasteiger partial charge in [0.25, 0.3) is 11.6 Å². The number of amides is 1. The number of hydrogen-bond acceptors (Lipinski definition) is 6. The molecule has 0 aliphatic carbocycles. The monoisotopic (exact) mass is 428 g/mol. The first-order chi connectivity index (χ1) is 14.5. The Hall–Kier alpha value is -2.81. The predicted molar refractivity (Wildman–Crippen MR) is 118 cm³/mol. The SMILES string of the molecule is CCCCN(C(=O)c1cn(-c2cccc([N+](=O)[O-])c2)nn1)C1CC(C)(C)NC(C)(C)C1. The summed E-state index contributed by atoms with van der Waals surface area (Å²) >= 11 is 0. The molecule has 1 amide bonds. The molecule has 0 spiro atoms. The van der Waals surface area contributed by atoms with E-state index in [9.17, 15) is 14.9 Å². The van der Waals surface area contributed by atoms with Crippen LogP contribution in [0.4, 0.5) is 5.69 Å². The van der Waals surface area contributed by atoms with Gasteiger partial charge in [-0.1, -0.05) is 24.6 Å². The number of non-ortho nitro benzene ring substituents is 1. The van der Waals surface area contributed by atoms with E-state index in [2.05, 4.69) is 50.2 Å². The molecule has 0 bridgehead atoms. The number of carbonyl (C=O) groups excluding carboxylic acids is 1. The minimum absolute atomic E-state index is 0.0374. The van der Waals surface area contributed by atoms with Gasteiger partial charge in [0.2, 0.25) is 0 Å². The smallest absolute Gasteiger partial charge is 0.276 e. The van der Waals surface area contributed by atoms with Crippen molar-refractivity contribution in [2.75, 3.05) is 6.54 Å². The Morgan fingerprint density at radius 3 is 2.58 bits per heavy atom. The molecule has 1 N–H and O–H groups in total. The molecule has 168 valence electrons. The van der Waals surface area contributed by atoms with Crippen molar-refractivity contribution in [3.8, 4) is 5.69 Å². The molecule has 0 saturated carbocycles. The molecule has 2 aromatic rings. The minimum atomic E-state index is -0.459. The number of aromatic nitrogens is 3. The van der Waals surface area contributed by atoms with E-state index in [1.807, 2.05) is 4.90 Å². The van der Waals surface area contributed by atoms with Crippen molar-refractivity contribution in [2.45, 2.75) is 77.4 Å². The first-order valence-electron chi connectivity index (χ1n) is 10.8. The molecule has 1 aromatic carbocycles. The summed E-state index contributed by atoms with van der Waals surface area (Å²) in [5.41, 5.74) is 0.529. The van der Waals surface area contributed by atoms with Crippen LogP contribution in [-0.4, -0.2) is 54.4 Å². The topological polar surface area (TPSA) is 106 Å². The molecule has 1 aliphatic rings. The molecule has 1 fully saturated rings. The third-order valence-electron chi connectivity index (χ3n) is 5.64. The van der Waals surface area contributed by atoms with E-state index < -0.39 is 4.92 Å². The number of benzene rings is 1. The molecule has 3 rings (SSSR count). The van der Waals surface area contributed by atoms with Crippen LogP contribution >= 0.6 is 0 Å². The van der Waals surface area contributed by atoms with Crippen LogP contribution in [0.1, 0.15) is 70.8 Å². The largest absolute Gasteiger partial charge is 0.334 e. The zero-order chi connectivity index (χ0) is 22.8. The molecular formula is C22H32N6O3. The average molecular weight is 429 g/mol. The molecule has 0 unspecified atom stereocenters. The Bertz CT molecular complexity index is 936. The summed E-state index contributed by atoms with van der Waals surface area (Å²) < 4.78 is 1.41. The third-order valence-corrected chi connectivity index (χ3v) is 5.64. The summed E-state index contributed by atoms with van der Waals surface area (Å²) in [7, 11) is 0. The van der Waals surface area contributed by atoms with E-state index in [-0.39, 0.29) is 34.4 Å². The van der Waals surface area contributed by atoms with Gasteiger partial charge in [-0.2, -0.15) is 0 Å². The maximum absolute atomic E-state index is 13.5. The Balaban J connectivity index is 1.87. The van der Waals surface area contributed by atoms with Crippen molar-refractivity contribution in [1.82, 2.24) is 25.2 Å². The van der Waals surface area contributed by atoms with Crippen molar-refractivity contribution in [2.24, 2.45) is 0 Å². The van der Waals surface area contributed by atoms with Crippen molar-refractivity contribution in [1.29, 1.82) is 0 Å². The predicted octanol–water partition coefficient (Wildman–Crippen LogP) is 3.73. The van der Waals surface area contributed by atoms with Crippen LogP contribution in [0.15, 0.2) is 30.5 Å². The standard InChI is InChI=1S/C22H32N6O3/c1-6-7-11-26(18-13-21(2,3)24-22(4,5)14-18)20(29)19-15-27(25-23-19)16-9-8-10-17(12-16)28(30)31/h8-10,12,15,18,24H,6-7,11,13-14H2,1-5H3. The van der Waals surface area contributed by atoms with Gasteiger partial charge in [-0.05, 0) is 53.0 Å². The molecule has 1 aliphatic heterocycles. The van der Waals surface area contributed by atoms with Crippen LogP contribution in [0.3, 0.4) is 0 Å². The van der Waals surface area contributed by atoms with Crippen molar-refractivity contribution >= 4 is 11.6 Å². The van der Waals surface area contributed by atoms with E-state index in [0.29, 0.717) is 12.2 Å². The quantitative estimate of drug-likeness (QED) is 0.532. The zero-order valence-corrected chi connectivity index (χ0v) is 19.0. The fraction of sp³-hybridized carbons (Fsp3) is 0.591. The number of nitrogens with zero attached hydrogens (tertiary/aromatic N) is 5. The molecule has 9 heteroatoms. The number of nitrogens with one attached hydrogen (secondary N) is 1.